The summed E-state index contributed by atoms with van der Waals surface area (Å²) in [5, 5.41) is 28.8. The number of fused-ring (bicyclic) bond motifs is 2. The highest BCUT2D eigenvalue weighted by molar-refractivity contribution is 5.97. The Kier molecular flexibility index (Phi) is 12.3. The van der Waals surface area contributed by atoms with Gasteiger partial charge < -0.3 is 35.2 Å². The minimum atomic E-state index is -0.817. The highest BCUT2D eigenvalue weighted by atomic mass is 16.7. The lowest BCUT2D eigenvalue weighted by atomic mass is 9.45. The molecule has 7 rings (SSSR count). The van der Waals surface area contributed by atoms with Gasteiger partial charge in [0.25, 0.3) is 5.91 Å². The van der Waals surface area contributed by atoms with E-state index in [4.69, 9.17) is 14.3 Å². The molecule has 4 aliphatic rings. The van der Waals surface area contributed by atoms with E-state index in [2.05, 4.69) is 31.4 Å². The fourth-order valence-electron chi connectivity index (χ4n) is 9.21. The van der Waals surface area contributed by atoms with Gasteiger partial charge in [0.2, 0.25) is 5.91 Å². The number of carbonyl (C=O) groups excluding carboxylic acids is 2. The molecule has 3 aromatic rings. The molecule has 3 aliphatic carbocycles. The van der Waals surface area contributed by atoms with Crippen LogP contribution in [-0.2, 0) is 27.3 Å². The molecule has 0 radical (unpaired) electrons. The van der Waals surface area contributed by atoms with Gasteiger partial charge >= 0.3 is 0 Å². The molecule has 3 aromatic carbocycles. The van der Waals surface area contributed by atoms with Crippen molar-refractivity contribution in [3.8, 4) is 16.9 Å². The molecule has 11 heteroatoms. The number of amides is 2. The molecule has 2 bridgehead atoms. The summed E-state index contributed by atoms with van der Waals surface area (Å²) < 4.78 is 11.5. The molecule has 11 nitrogen and oxygen atoms in total. The summed E-state index contributed by atoms with van der Waals surface area (Å²) in [5.41, 5.74) is 5.01. The predicted molar refractivity (Wildman–Crippen MR) is 209 cm³/mol. The van der Waals surface area contributed by atoms with Gasteiger partial charge in [0, 0.05) is 55.5 Å². The normalized spacial score (nSPS) is 26.4. The Morgan fingerprint density at radius 3 is 2.41 bits per heavy atom. The summed E-state index contributed by atoms with van der Waals surface area (Å²) >= 11 is 0. The monoisotopic (exact) mass is 742 g/mol. The Morgan fingerprint density at radius 1 is 1.02 bits per heavy atom. The molecule has 0 spiro atoms. The van der Waals surface area contributed by atoms with E-state index in [-0.39, 0.29) is 49.1 Å². The molecule has 1 saturated heterocycles. The van der Waals surface area contributed by atoms with E-state index in [0.717, 1.165) is 34.4 Å². The zero-order valence-electron chi connectivity index (χ0n) is 32.7. The highest BCUT2D eigenvalue weighted by Crippen LogP contribution is 2.61. The number of anilines is 1. The largest absolute Gasteiger partial charge is 0.496 e. The summed E-state index contributed by atoms with van der Waals surface area (Å²) in [7, 11) is 7.09. The second-order valence-electron chi connectivity index (χ2n) is 16.2. The number of hydrogen-bond donors (Lipinski definition) is 4. The van der Waals surface area contributed by atoms with Crippen molar-refractivity contribution >= 4 is 17.5 Å². The van der Waals surface area contributed by atoms with Crippen LogP contribution in [0.2, 0.25) is 0 Å². The number of rotatable bonds is 15. The molecule has 4 N–H and O–H groups in total. The number of benzene rings is 3. The van der Waals surface area contributed by atoms with Crippen molar-refractivity contribution in [3.63, 3.8) is 0 Å². The second-order valence-corrected chi connectivity index (χ2v) is 16.2. The third-order valence-corrected chi connectivity index (χ3v) is 12.5. The van der Waals surface area contributed by atoms with Gasteiger partial charge in [-0.3, -0.25) is 14.4 Å². The Morgan fingerprint density at radius 2 is 1.78 bits per heavy atom. The first-order chi connectivity index (χ1) is 25.9. The number of methoxy groups -OCH3 is 2. The lowest BCUT2D eigenvalue weighted by Gasteiger charge is -2.62. The SMILES string of the molecule is COC[C@H](Cc1ccccc1)NC(=O)c1cc(-c2cccc(CN3O[C@@H](CO)[C@@H](CO)[C@H]3C(=O)N[C@H]3C[C@H]4C[C@H]([C@@H]3C)C4(C)C)c2OC)cc(N(C)C)c1. The van der Waals surface area contributed by atoms with Gasteiger partial charge in [-0.15, -0.1) is 0 Å². The number of nitrogens with zero attached hydrogens (tertiary/aromatic N) is 2. The van der Waals surface area contributed by atoms with E-state index in [0.29, 0.717) is 42.1 Å². The van der Waals surface area contributed by atoms with Crippen LogP contribution >= 0.6 is 0 Å². The number of aliphatic hydroxyl groups excluding tert-OH is 2. The van der Waals surface area contributed by atoms with Gasteiger partial charge in [0.05, 0.1) is 39.5 Å². The minimum absolute atomic E-state index is 0.0417. The molecule has 2 amide bonds. The lowest BCUT2D eigenvalue weighted by molar-refractivity contribution is -0.183. The van der Waals surface area contributed by atoms with Crippen LogP contribution in [0.1, 0.15) is 55.1 Å². The van der Waals surface area contributed by atoms with Crippen LogP contribution in [0.25, 0.3) is 11.1 Å². The Balaban J connectivity index is 1.26. The van der Waals surface area contributed by atoms with Gasteiger partial charge in [-0.2, -0.15) is 5.06 Å². The predicted octanol–water partition coefficient (Wildman–Crippen LogP) is 4.69. The summed E-state index contributed by atoms with van der Waals surface area (Å²) in [4.78, 5) is 36.1. The van der Waals surface area contributed by atoms with Crippen molar-refractivity contribution in [1.82, 2.24) is 15.7 Å². The first-order valence-electron chi connectivity index (χ1n) is 19.2. The van der Waals surface area contributed by atoms with Crippen molar-refractivity contribution in [3.05, 3.63) is 83.4 Å². The molecule has 8 atom stereocenters. The van der Waals surface area contributed by atoms with Crippen molar-refractivity contribution in [1.29, 1.82) is 0 Å². The van der Waals surface area contributed by atoms with E-state index in [1.165, 1.54) is 6.42 Å². The summed E-state index contributed by atoms with van der Waals surface area (Å²) in [6.45, 7) is 6.78. The standard InChI is InChI=1S/C43H58N4O7/c1-26-36-20-31(43(36,2)3)21-37(26)45-42(51)39-35(23-48)38(24-49)54-47(39)22-28-14-11-15-34(40(28)53-7)29-17-30(19-33(18-29)46(4)5)41(50)44-32(25-52-6)16-27-12-9-8-10-13-27/h8-15,17-19,26,31-32,35-39,48-49H,16,20-25H2,1-7H3,(H,44,50)(H,45,51)/t26-,31+,32-,35+,36+,37-,38-,39-/m0/s1. The number of nitrogens with one attached hydrogen (secondary N) is 2. The van der Waals surface area contributed by atoms with Crippen molar-refractivity contribution < 1.29 is 34.1 Å². The quantitative estimate of drug-likeness (QED) is 0.175. The third-order valence-electron chi connectivity index (χ3n) is 12.5. The number of carbonyl (C=O) groups is 2. The molecular formula is C43H58N4O7. The Hall–Kier alpha value is -4.00. The average Bonchev–Trinajstić information content (AvgIpc) is 3.52. The molecule has 54 heavy (non-hydrogen) atoms. The van der Waals surface area contributed by atoms with Crippen molar-refractivity contribution in [2.45, 2.75) is 70.8 Å². The summed E-state index contributed by atoms with van der Waals surface area (Å²) in [6, 6.07) is 20.5. The topological polar surface area (TPSA) is 133 Å². The molecule has 4 fully saturated rings. The maximum absolute atomic E-state index is 14.1. The lowest BCUT2D eigenvalue weighted by Crippen LogP contribution is -2.62. The second kappa shape index (κ2) is 16.8. The Labute approximate surface area is 319 Å². The molecule has 3 saturated carbocycles. The van der Waals surface area contributed by atoms with Crippen LogP contribution in [0.4, 0.5) is 5.69 Å². The zero-order chi connectivity index (χ0) is 38.7. The molecule has 292 valence electrons. The number of ether oxygens (including phenoxy) is 2. The van der Waals surface area contributed by atoms with E-state index < -0.39 is 18.1 Å². The van der Waals surface area contributed by atoms with E-state index in [1.807, 2.05) is 85.7 Å². The van der Waals surface area contributed by atoms with Gasteiger partial charge in [-0.25, -0.2) is 0 Å². The number of hydrogen-bond acceptors (Lipinski definition) is 9. The van der Waals surface area contributed by atoms with Crippen LogP contribution in [-0.4, -0.2) is 99.5 Å². The first kappa shape index (κ1) is 39.7. The molecule has 1 aliphatic heterocycles. The fourth-order valence-corrected chi connectivity index (χ4v) is 9.21. The average molecular weight is 743 g/mol. The van der Waals surface area contributed by atoms with Crippen molar-refractivity contribution in [2.24, 2.45) is 29.1 Å². The van der Waals surface area contributed by atoms with E-state index in [9.17, 15) is 19.8 Å². The number of aliphatic hydroxyl groups is 2. The first-order valence-corrected chi connectivity index (χ1v) is 19.2. The van der Waals surface area contributed by atoms with Crippen molar-refractivity contribution in [2.75, 3.05) is 53.0 Å². The maximum Gasteiger partial charge on any atom is 0.251 e. The van der Waals surface area contributed by atoms with Gasteiger partial charge in [-0.05, 0) is 71.8 Å². The smallest absolute Gasteiger partial charge is 0.251 e. The minimum Gasteiger partial charge on any atom is -0.496 e. The third kappa shape index (κ3) is 8.02. The molecule has 1 heterocycles. The van der Waals surface area contributed by atoms with Gasteiger partial charge in [0.1, 0.15) is 17.9 Å². The fraction of sp³-hybridized carbons (Fsp3) is 0.535. The number of hydroxylamine groups is 2. The molecule has 0 aromatic heterocycles. The summed E-state index contributed by atoms with van der Waals surface area (Å²) in [5.74, 6) is 1.000. The van der Waals surface area contributed by atoms with Crippen LogP contribution < -0.4 is 20.3 Å². The maximum atomic E-state index is 14.1. The van der Waals surface area contributed by atoms with Crippen LogP contribution in [0.15, 0.2) is 66.7 Å². The Bertz CT molecular complexity index is 1770. The van der Waals surface area contributed by atoms with Gasteiger partial charge in [-0.1, -0.05) is 69.3 Å². The zero-order valence-corrected chi connectivity index (χ0v) is 32.7. The van der Waals surface area contributed by atoms with Crippen LogP contribution in [0, 0.1) is 29.1 Å². The number of para-hydroxylation sites is 1. The van der Waals surface area contributed by atoms with E-state index in [1.54, 1.807) is 19.3 Å². The van der Waals surface area contributed by atoms with Gasteiger partial charge in [0.15, 0.2) is 0 Å². The summed E-state index contributed by atoms with van der Waals surface area (Å²) in [6.07, 6.45) is 2.02. The molecular weight excluding hydrogens is 684 g/mol. The van der Waals surface area contributed by atoms with E-state index >= 15 is 0 Å². The van der Waals surface area contributed by atoms with Crippen LogP contribution in [0.5, 0.6) is 5.75 Å². The highest BCUT2D eigenvalue weighted by Gasteiger charge is 2.57. The molecule has 0 unspecified atom stereocenters. The van der Waals surface area contributed by atoms with Crippen LogP contribution in [0.3, 0.4) is 0 Å².